The number of rotatable bonds is 5. The van der Waals surface area contributed by atoms with E-state index in [9.17, 15) is 4.79 Å². The van der Waals surface area contributed by atoms with E-state index >= 15 is 0 Å². The Morgan fingerprint density at radius 3 is 2.76 bits per heavy atom. The van der Waals surface area contributed by atoms with Crippen LogP contribution in [0.1, 0.15) is 65.5 Å². The molecule has 0 radical (unpaired) electrons. The second-order valence-corrected chi connectivity index (χ2v) is 8.29. The molecule has 1 amide bonds. The zero-order valence-corrected chi connectivity index (χ0v) is 16.1. The van der Waals surface area contributed by atoms with Crippen molar-refractivity contribution in [2.24, 2.45) is 17.8 Å². The Labute approximate surface area is 151 Å². The van der Waals surface area contributed by atoms with E-state index in [1.165, 1.54) is 0 Å². The van der Waals surface area contributed by atoms with Gasteiger partial charge in [-0.2, -0.15) is 0 Å². The number of benzene rings is 1. The molecule has 2 aliphatic rings. The highest BCUT2D eigenvalue weighted by Crippen LogP contribution is 2.50. The van der Waals surface area contributed by atoms with Gasteiger partial charge >= 0.3 is 0 Å². The predicted octanol–water partition coefficient (Wildman–Crippen LogP) is 4.75. The molecule has 3 rings (SSSR count). The third-order valence-electron chi connectivity index (χ3n) is 5.69. The number of ether oxygens (including phenoxy) is 1. The van der Waals surface area contributed by atoms with E-state index in [0.29, 0.717) is 12.5 Å². The minimum Gasteiger partial charge on any atom is -0.493 e. The van der Waals surface area contributed by atoms with Gasteiger partial charge < -0.3 is 4.74 Å². The molecule has 4 nitrogen and oxygen atoms in total. The maximum atomic E-state index is 13.2. The van der Waals surface area contributed by atoms with Crippen LogP contribution < -0.4 is 4.74 Å². The zero-order valence-electron chi connectivity index (χ0n) is 16.1. The smallest absolute Gasteiger partial charge is 0.249 e. The molecule has 0 aliphatic carbocycles. The molecule has 1 fully saturated rings. The van der Waals surface area contributed by atoms with Crippen LogP contribution in [-0.4, -0.2) is 23.2 Å². The van der Waals surface area contributed by atoms with Crippen molar-refractivity contribution in [3.8, 4) is 5.75 Å². The van der Waals surface area contributed by atoms with Crippen molar-refractivity contribution in [1.82, 2.24) is 5.06 Å². The first-order chi connectivity index (χ1) is 11.8. The standard InChI is InChI=1S/C21H31NO3/c1-6-9-14(2)12-15(3)20(23)22-19-16-10-7-8-11-18(16)24-13-17(19)21(4,5)25-22/h7-8,10-11,14-15,17,19H,6,9,12-13H2,1-5H3/t14-,15-,17+,19-/m0/s1. The summed E-state index contributed by atoms with van der Waals surface area (Å²) in [6.45, 7) is 11.1. The highest BCUT2D eigenvalue weighted by atomic mass is 16.7. The van der Waals surface area contributed by atoms with E-state index in [2.05, 4.69) is 33.8 Å². The highest BCUT2D eigenvalue weighted by Gasteiger charge is 2.54. The van der Waals surface area contributed by atoms with Crippen LogP contribution in [0, 0.1) is 17.8 Å². The van der Waals surface area contributed by atoms with Crippen LogP contribution >= 0.6 is 0 Å². The molecule has 4 atom stereocenters. The predicted molar refractivity (Wildman–Crippen MR) is 98.0 cm³/mol. The van der Waals surface area contributed by atoms with Gasteiger partial charge in [0.1, 0.15) is 5.75 Å². The molecule has 1 aromatic rings. The molecular weight excluding hydrogens is 314 g/mol. The first-order valence-corrected chi connectivity index (χ1v) is 9.59. The second-order valence-electron chi connectivity index (χ2n) is 8.29. The molecule has 2 aliphatic heterocycles. The average Bonchev–Trinajstić information content (AvgIpc) is 2.86. The summed E-state index contributed by atoms with van der Waals surface area (Å²) in [7, 11) is 0. The van der Waals surface area contributed by atoms with Gasteiger partial charge in [-0.1, -0.05) is 51.8 Å². The lowest BCUT2D eigenvalue weighted by Gasteiger charge is -2.33. The SMILES string of the molecule is CCC[C@H](C)C[C@H](C)C(=O)N1OC(C)(C)[C@@H]2COc3ccccc3[C@@H]21. The van der Waals surface area contributed by atoms with Crippen LogP contribution in [-0.2, 0) is 9.63 Å². The van der Waals surface area contributed by atoms with Crippen molar-refractivity contribution >= 4 is 5.91 Å². The van der Waals surface area contributed by atoms with Crippen molar-refractivity contribution < 1.29 is 14.4 Å². The van der Waals surface area contributed by atoms with Crippen LogP contribution in [0.3, 0.4) is 0 Å². The largest absolute Gasteiger partial charge is 0.493 e. The van der Waals surface area contributed by atoms with Gasteiger partial charge in [0.2, 0.25) is 5.91 Å². The lowest BCUT2D eigenvalue weighted by atomic mass is 9.81. The van der Waals surface area contributed by atoms with E-state index in [4.69, 9.17) is 9.57 Å². The fourth-order valence-electron chi connectivity index (χ4n) is 4.31. The Morgan fingerprint density at radius 1 is 1.32 bits per heavy atom. The molecule has 4 heteroatoms. The van der Waals surface area contributed by atoms with Crippen LogP contribution in [0.15, 0.2) is 24.3 Å². The molecule has 0 saturated carbocycles. The number of fused-ring (bicyclic) bond motifs is 3. The van der Waals surface area contributed by atoms with Crippen LogP contribution in [0.2, 0.25) is 0 Å². The second kappa shape index (κ2) is 6.99. The summed E-state index contributed by atoms with van der Waals surface area (Å²) in [5.41, 5.74) is 0.647. The van der Waals surface area contributed by atoms with Crippen molar-refractivity contribution in [2.45, 2.75) is 65.5 Å². The molecule has 0 unspecified atom stereocenters. The summed E-state index contributed by atoms with van der Waals surface area (Å²) in [5, 5.41) is 1.66. The summed E-state index contributed by atoms with van der Waals surface area (Å²) in [5.74, 6) is 1.63. The Morgan fingerprint density at radius 2 is 2.04 bits per heavy atom. The lowest BCUT2D eigenvalue weighted by molar-refractivity contribution is -0.209. The summed E-state index contributed by atoms with van der Waals surface area (Å²) >= 11 is 0. The summed E-state index contributed by atoms with van der Waals surface area (Å²) in [6, 6.07) is 7.96. The number of hydroxylamine groups is 2. The fourth-order valence-corrected chi connectivity index (χ4v) is 4.31. The van der Waals surface area contributed by atoms with Gasteiger partial charge in [-0.25, -0.2) is 5.06 Å². The zero-order chi connectivity index (χ0) is 18.2. The van der Waals surface area contributed by atoms with Crippen molar-refractivity contribution in [2.75, 3.05) is 6.61 Å². The van der Waals surface area contributed by atoms with E-state index < -0.39 is 5.60 Å². The Balaban J connectivity index is 1.85. The number of hydrogen-bond acceptors (Lipinski definition) is 3. The van der Waals surface area contributed by atoms with Gasteiger partial charge in [0.25, 0.3) is 0 Å². The van der Waals surface area contributed by atoms with E-state index in [1.807, 2.05) is 25.1 Å². The Hall–Kier alpha value is -1.55. The summed E-state index contributed by atoms with van der Waals surface area (Å²) in [6.07, 6.45) is 3.22. The topological polar surface area (TPSA) is 38.8 Å². The van der Waals surface area contributed by atoms with E-state index in [1.54, 1.807) is 5.06 Å². The Bertz CT molecular complexity index is 627. The molecule has 1 saturated heterocycles. The van der Waals surface area contributed by atoms with Gasteiger partial charge in [0, 0.05) is 11.5 Å². The average molecular weight is 345 g/mol. The van der Waals surface area contributed by atoms with Gasteiger partial charge in [0.05, 0.1) is 24.2 Å². The molecule has 0 bridgehead atoms. The minimum atomic E-state index is -0.414. The molecule has 0 spiro atoms. The third-order valence-corrected chi connectivity index (χ3v) is 5.69. The minimum absolute atomic E-state index is 0.0360. The molecule has 2 heterocycles. The first-order valence-electron chi connectivity index (χ1n) is 9.59. The number of carbonyl (C=O) groups excluding carboxylic acids is 1. The normalized spacial score (nSPS) is 26.4. The molecular formula is C21H31NO3. The third kappa shape index (κ3) is 3.41. The Kier molecular flexibility index (Phi) is 5.10. The van der Waals surface area contributed by atoms with Crippen molar-refractivity contribution in [3.63, 3.8) is 0 Å². The maximum absolute atomic E-state index is 13.2. The monoisotopic (exact) mass is 345 g/mol. The van der Waals surface area contributed by atoms with Gasteiger partial charge in [-0.15, -0.1) is 0 Å². The number of hydrogen-bond donors (Lipinski definition) is 0. The molecule has 0 aromatic heterocycles. The van der Waals surface area contributed by atoms with Gasteiger partial charge in [-0.3, -0.25) is 9.63 Å². The first kappa shape index (κ1) is 18.2. The van der Waals surface area contributed by atoms with E-state index in [-0.39, 0.29) is 23.8 Å². The summed E-state index contributed by atoms with van der Waals surface area (Å²) < 4.78 is 5.94. The van der Waals surface area contributed by atoms with Crippen LogP contribution in [0.5, 0.6) is 5.75 Å². The highest BCUT2D eigenvalue weighted by molar-refractivity contribution is 5.78. The fraction of sp³-hybridized carbons (Fsp3) is 0.667. The maximum Gasteiger partial charge on any atom is 0.249 e. The summed E-state index contributed by atoms with van der Waals surface area (Å²) in [4.78, 5) is 19.4. The molecule has 25 heavy (non-hydrogen) atoms. The number of nitrogens with zero attached hydrogens (tertiary/aromatic N) is 1. The van der Waals surface area contributed by atoms with Gasteiger partial charge in [0.15, 0.2) is 0 Å². The molecule has 1 aromatic carbocycles. The van der Waals surface area contributed by atoms with Gasteiger partial charge in [-0.05, 0) is 32.3 Å². The quantitative estimate of drug-likeness (QED) is 0.773. The number of amides is 1. The lowest BCUT2D eigenvalue weighted by Crippen LogP contribution is -2.38. The number of carbonyl (C=O) groups is 1. The molecule has 0 N–H and O–H groups in total. The van der Waals surface area contributed by atoms with Crippen LogP contribution in [0.4, 0.5) is 0 Å². The van der Waals surface area contributed by atoms with Crippen molar-refractivity contribution in [3.05, 3.63) is 29.8 Å². The number of para-hydroxylation sites is 1. The van der Waals surface area contributed by atoms with Crippen LogP contribution in [0.25, 0.3) is 0 Å². The van der Waals surface area contributed by atoms with Crippen molar-refractivity contribution in [1.29, 1.82) is 0 Å². The molecule has 138 valence electrons. The van der Waals surface area contributed by atoms with E-state index in [0.717, 1.165) is 30.6 Å².